The zero-order valence-corrected chi connectivity index (χ0v) is 20.5. The largest absolute Gasteiger partial charge is 0.307 e. The van der Waals surface area contributed by atoms with Gasteiger partial charge in [-0.1, -0.05) is 70.4 Å². The fourth-order valence-electron chi connectivity index (χ4n) is 4.76. The van der Waals surface area contributed by atoms with Gasteiger partial charge in [-0.2, -0.15) is 0 Å². The number of nitrogens with one attached hydrogen (secondary N) is 1. The lowest BCUT2D eigenvalue weighted by Crippen LogP contribution is -2.63. The molecule has 0 fully saturated rings. The molecule has 3 atom stereocenters. The van der Waals surface area contributed by atoms with Crippen LogP contribution in [0.2, 0.25) is 0 Å². The van der Waals surface area contributed by atoms with Crippen LogP contribution in [0.4, 0.5) is 0 Å². The van der Waals surface area contributed by atoms with Gasteiger partial charge in [0.05, 0.1) is 12.8 Å². The lowest BCUT2D eigenvalue weighted by molar-refractivity contribution is -0.959. The molecule has 3 unspecified atom stereocenters. The number of carbonyl (C=O) groups excluding carboxylic acids is 1. The van der Waals surface area contributed by atoms with Crippen molar-refractivity contribution in [2.45, 2.75) is 130 Å². The third-order valence-corrected chi connectivity index (χ3v) is 6.79. The Labute approximate surface area is 187 Å². The molecule has 1 aliphatic heterocycles. The van der Waals surface area contributed by atoms with Gasteiger partial charge in [0.2, 0.25) is 5.91 Å². The Morgan fingerprint density at radius 1 is 1.00 bits per heavy atom. The van der Waals surface area contributed by atoms with Gasteiger partial charge in [0.1, 0.15) is 6.54 Å². The van der Waals surface area contributed by atoms with Gasteiger partial charge < -0.3 is 5.32 Å². The van der Waals surface area contributed by atoms with Gasteiger partial charge in [-0.3, -0.25) is 9.28 Å². The van der Waals surface area contributed by atoms with Crippen molar-refractivity contribution in [3.63, 3.8) is 0 Å². The summed E-state index contributed by atoms with van der Waals surface area (Å²) in [7, 11) is 0. The Morgan fingerprint density at radius 2 is 1.57 bits per heavy atom. The van der Waals surface area contributed by atoms with E-state index in [0.717, 1.165) is 24.0 Å². The second-order valence-electron chi connectivity index (χ2n) is 9.16. The van der Waals surface area contributed by atoms with Crippen LogP contribution in [0.1, 0.15) is 118 Å². The monoisotopic (exact) mass is 420 g/mol. The predicted octanol–water partition coefficient (Wildman–Crippen LogP) is 6.75. The Kier molecular flexibility index (Phi) is 14.8. The average Bonchev–Trinajstić information content (AvgIpc) is 3.14. The van der Waals surface area contributed by atoms with Crippen molar-refractivity contribution in [2.75, 3.05) is 13.1 Å². The molecule has 0 aromatic carbocycles. The van der Waals surface area contributed by atoms with Crippen molar-refractivity contribution in [3.8, 4) is 0 Å². The quantitative estimate of drug-likeness (QED) is 0.149. The fraction of sp³-hybridized carbons (Fsp3) is 0.846. The highest BCUT2D eigenvalue weighted by atomic mass is 16.1. The van der Waals surface area contributed by atoms with Gasteiger partial charge in [-0.05, 0) is 39.0 Å². The minimum absolute atomic E-state index is 0.0564. The summed E-state index contributed by atoms with van der Waals surface area (Å²) in [4.78, 5) is 16.3. The number of quaternary nitrogens is 1. The summed E-state index contributed by atoms with van der Waals surface area (Å²) in [6, 6.07) is 0. The molecule has 4 heteroatoms. The first-order chi connectivity index (χ1) is 14.6. The Bertz CT molecular complexity index is 503. The number of amides is 1. The first-order valence-electron chi connectivity index (χ1n) is 12.9. The summed E-state index contributed by atoms with van der Waals surface area (Å²) in [5.74, 6) is 0.0564. The van der Waals surface area contributed by atoms with Gasteiger partial charge in [0.15, 0.2) is 12.3 Å². The summed E-state index contributed by atoms with van der Waals surface area (Å²) in [6.45, 7) is 10.2. The number of carbonyl (C=O) groups is 1. The number of hydrogen-bond donors (Lipinski definition) is 1. The lowest BCUT2D eigenvalue weighted by atomic mass is 10.1. The molecule has 1 N–H and O–H groups in total. The fourth-order valence-corrected chi connectivity index (χ4v) is 4.76. The van der Waals surface area contributed by atoms with Crippen molar-refractivity contribution in [2.24, 2.45) is 4.99 Å². The van der Waals surface area contributed by atoms with E-state index in [1.54, 1.807) is 6.92 Å². The van der Waals surface area contributed by atoms with E-state index in [-0.39, 0.29) is 12.1 Å². The molecule has 30 heavy (non-hydrogen) atoms. The van der Waals surface area contributed by atoms with E-state index in [0.29, 0.717) is 6.17 Å². The number of nitrogens with zero attached hydrogens (tertiary/aromatic N) is 2. The Hall–Kier alpha value is -1.16. The van der Waals surface area contributed by atoms with Gasteiger partial charge in [0, 0.05) is 20.3 Å². The van der Waals surface area contributed by atoms with Crippen molar-refractivity contribution in [3.05, 3.63) is 12.2 Å². The van der Waals surface area contributed by atoms with Gasteiger partial charge in [0.25, 0.3) is 0 Å². The number of allylic oxidation sites excluding steroid dienone is 2. The number of hydrogen-bond acceptors (Lipinski definition) is 2. The molecule has 0 aromatic rings. The van der Waals surface area contributed by atoms with Crippen molar-refractivity contribution < 1.29 is 9.28 Å². The van der Waals surface area contributed by atoms with E-state index in [4.69, 9.17) is 4.99 Å². The standard InChI is InChI=1S/C26H49N3O/c1-5-7-8-9-10-11-12-13-14-15-16-17-18-19-20-21-26-27-22-23-29(26,6-2)24(3)28-25(4)30/h12-13,22,24,26H,5-11,14-21,23H2,1-4H3/p+1/b13-12+. The lowest BCUT2D eigenvalue weighted by Gasteiger charge is -2.42. The third kappa shape index (κ3) is 10.2. The maximum Gasteiger partial charge on any atom is 0.221 e. The molecule has 0 spiro atoms. The normalized spacial score (nSPS) is 22.1. The summed E-state index contributed by atoms with van der Waals surface area (Å²) < 4.78 is 0.879. The van der Waals surface area contributed by atoms with Crippen LogP contribution in [0, 0.1) is 0 Å². The maximum atomic E-state index is 11.5. The number of rotatable bonds is 18. The number of unbranched alkanes of at least 4 members (excludes halogenated alkanes) is 11. The molecule has 4 nitrogen and oxygen atoms in total. The molecule has 1 aliphatic rings. The van der Waals surface area contributed by atoms with Crippen molar-refractivity contribution in [1.82, 2.24) is 5.32 Å². The van der Waals surface area contributed by atoms with Crippen LogP contribution in [-0.4, -0.2) is 42.0 Å². The molecule has 0 saturated carbocycles. The van der Waals surface area contributed by atoms with Crippen LogP contribution in [0.3, 0.4) is 0 Å². The van der Waals surface area contributed by atoms with Crippen LogP contribution in [0.15, 0.2) is 17.1 Å². The molecule has 174 valence electrons. The maximum absolute atomic E-state index is 11.5. The molecular weight excluding hydrogens is 370 g/mol. The van der Waals surface area contributed by atoms with Crippen molar-refractivity contribution in [1.29, 1.82) is 0 Å². The molecule has 1 rings (SSSR count). The summed E-state index contributed by atoms with van der Waals surface area (Å²) in [5.41, 5.74) is 0. The summed E-state index contributed by atoms with van der Waals surface area (Å²) >= 11 is 0. The Balaban J connectivity index is 2.06. The molecule has 0 aliphatic carbocycles. The van der Waals surface area contributed by atoms with Gasteiger partial charge >= 0.3 is 0 Å². The van der Waals surface area contributed by atoms with Gasteiger partial charge in [-0.25, -0.2) is 4.99 Å². The molecule has 0 radical (unpaired) electrons. The van der Waals surface area contributed by atoms with E-state index in [9.17, 15) is 4.79 Å². The average molecular weight is 421 g/mol. The van der Waals surface area contributed by atoms with E-state index in [2.05, 4.69) is 44.5 Å². The highest BCUT2D eigenvalue weighted by Crippen LogP contribution is 2.27. The first kappa shape index (κ1) is 26.9. The molecule has 0 bridgehead atoms. The highest BCUT2D eigenvalue weighted by Gasteiger charge is 2.42. The highest BCUT2D eigenvalue weighted by molar-refractivity contribution is 5.73. The summed E-state index contributed by atoms with van der Waals surface area (Å²) in [5, 5.41) is 3.11. The van der Waals surface area contributed by atoms with Crippen LogP contribution in [0.25, 0.3) is 0 Å². The molecule has 0 saturated heterocycles. The molecule has 0 aromatic heterocycles. The van der Waals surface area contributed by atoms with Crippen LogP contribution in [-0.2, 0) is 4.79 Å². The second-order valence-corrected chi connectivity index (χ2v) is 9.16. The van der Waals surface area contributed by atoms with Crippen LogP contribution >= 0.6 is 0 Å². The van der Waals surface area contributed by atoms with Crippen LogP contribution < -0.4 is 5.32 Å². The van der Waals surface area contributed by atoms with E-state index in [1.807, 2.05) is 0 Å². The first-order valence-corrected chi connectivity index (χ1v) is 12.9. The van der Waals surface area contributed by atoms with E-state index in [1.165, 1.54) is 83.5 Å². The number of aliphatic imine (C=N–C) groups is 1. The SMILES string of the molecule is CCCCCCC/C=C/CCCCCCCCC1N=CC[N+]1(CC)C(C)NC(C)=O. The van der Waals surface area contributed by atoms with Crippen LogP contribution in [0.5, 0.6) is 0 Å². The minimum atomic E-state index is 0.0564. The Morgan fingerprint density at radius 3 is 2.13 bits per heavy atom. The molecule has 1 heterocycles. The third-order valence-electron chi connectivity index (χ3n) is 6.79. The van der Waals surface area contributed by atoms with E-state index < -0.39 is 0 Å². The zero-order valence-electron chi connectivity index (χ0n) is 20.5. The summed E-state index contributed by atoms with van der Waals surface area (Å²) in [6.07, 6.45) is 25.8. The predicted molar refractivity (Wildman–Crippen MR) is 131 cm³/mol. The van der Waals surface area contributed by atoms with Gasteiger partial charge in [-0.15, -0.1) is 0 Å². The topological polar surface area (TPSA) is 41.5 Å². The van der Waals surface area contributed by atoms with E-state index >= 15 is 0 Å². The molecule has 1 amide bonds. The smallest absolute Gasteiger partial charge is 0.221 e. The van der Waals surface area contributed by atoms with Crippen molar-refractivity contribution >= 4 is 12.1 Å². The molecular formula is C26H50N3O+. The second kappa shape index (κ2) is 16.5. The zero-order chi connectivity index (χ0) is 22.1. The minimum Gasteiger partial charge on any atom is -0.307 e.